The number of guanidine groups is 1. The number of fused-ring (bicyclic) bond motifs is 1. The van der Waals surface area contributed by atoms with E-state index in [1.807, 2.05) is 38.1 Å². The molecule has 0 fully saturated rings. The van der Waals surface area contributed by atoms with Gasteiger partial charge in [-0.25, -0.2) is 4.99 Å². The Morgan fingerprint density at radius 3 is 2.48 bits per heavy atom. The highest BCUT2D eigenvalue weighted by Gasteiger charge is 2.20. The summed E-state index contributed by atoms with van der Waals surface area (Å²) in [6.07, 6.45) is -0.724. The van der Waals surface area contributed by atoms with E-state index in [0.29, 0.717) is 29.6 Å². The SMILES string of the molecule is CCNC(=NCc1cc2c(cc1OC(F)F)OCO2)NCC(O)c1ccc(C)cc1.I. The summed E-state index contributed by atoms with van der Waals surface area (Å²) in [5.74, 6) is 1.22. The summed E-state index contributed by atoms with van der Waals surface area (Å²) in [4.78, 5) is 4.42. The molecule has 0 aliphatic carbocycles. The van der Waals surface area contributed by atoms with Crippen LogP contribution in [0.1, 0.15) is 29.7 Å². The second-order valence-corrected chi connectivity index (χ2v) is 6.69. The summed E-state index contributed by atoms with van der Waals surface area (Å²) in [5, 5.41) is 16.5. The monoisotopic (exact) mass is 549 g/mol. The van der Waals surface area contributed by atoms with Gasteiger partial charge >= 0.3 is 6.61 Å². The summed E-state index contributed by atoms with van der Waals surface area (Å²) < 4.78 is 40.7. The molecule has 0 saturated carbocycles. The lowest BCUT2D eigenvalue weighted by atomic mass is 10.1. The average molecular weight is 549 g/mol. The summed E-state index contributed by atoms with van der Waals surface area (Å²) in [6.45, 7) is 1.83. The topological polar surface area (TPSA) is 84.3 Å². The summed E-state index contributed by atoms with van der Waals surface area (Å²) >= 11 is 0. The maximum atomic E-state index is 12.8. The highest BCUT2D eigenvalue weighted by atomic mass is 127. The predicted molar refractivity (Wildman–Crippen MR) is 124 cm³/mol. The molecule has 3 rings (SSSR count). The van der Waals surface area contributed by atoms with Crippen LogP contribution in [0.3, 0.4) is 0 Å². The van der Waals surface area contributed by atoms with Crippen LogP contribution in [0.25, 0.3) is 0 Å². The van der Waals surface area contributed by atoms with Crippen LogP contribution in [0.4, 0.5) is 8.78 Å². The minimum atomic E-state index is -2.97. The number of nitrogens with zero attached hydrogens (tertiary/aromatic N) is 1. The molecule has 1 aliphatic heterocycles. The maximum Gasteiger partial charge on any atom is 0.387 e. The number of halogens is 3. The third kappa shape index (κ3) is 7.10. The molecule has 10 heteroatoms. The number of aliphatic hydroxyl groups is 1. The molecule has 1 heterocycles. The molecule has 170 valence electrons. The van der Waals surface area contributed by atoms with Gasteiger partial charge in [-0.15, -0.1) is 24.0 Å². The van der Waals surface area contributed by atoms with Gasteiger partial charge in [-0.05, 0) is 25.5 Å². The van der Waals surface area contributed by atoms with Gasteiger partial charge in [0, 0.05) is 24.7 Å². The predicted octanol–water partition coefficient (Wildman–Crippen LogP) is 3.73. The number of hydrogen-bond donors (Lipinski definition) is 3. The number of hydrogen-bond acceptors (Lipinski definition) is 5. The third-order valence-electron chi connectivity index (χ3n) is 4.45. The Hall–Kier alpha value is -2.34. The molecule has 2 aromatic rings. The van der Waals surface area contributed by atoms with Crippen molar-refractivity contribution in [2.24, 2.45) is 4.99 Å². The van der Waals surface area contributed by atoms with E-state index < -0.39 is 12.7 Å². The summed E-state index contributed by atoms with van der Waals surface area (Å²) in [7, 11) is 0. The van der Waals surface area contributed by atoms with E-state index in [9.17, 15) is 13.9 Å². The van der Waals surface area contributed by atoms with Gasteiger partial charge in [-0.1, -0.05) is 29.8 Å². The second-order valence-electron chi connectivity index (χ2n) is 6.69. The lowest BCUT2D eigenvalue weighted by Gasteiger charge is -2.16. The molecule has 3 N–H and O–H groups in total. The fraction of sp³-hybridized carbons (Fsp3) is 0.381. The molecule has 7 nitrogen and oxygen atoms in total. The van der Waals surface area contributed by atoms with Crippen LogP contribution in [-0.2, 0) is 6.54 Å². The van der Waals surface area contributed by atoms with Crippen LogP contribution in [-0.4, -0.2) is 37.6 Å². The zero-order valence-corrected chi connectivity index (χ0v) is 19.6. The van der Waals surface area contributed by atoms with Crippen LogP contribution in [0.15, 0.2) is 41.4 Å². The lowest BCUT2D eigenvalue weighted by molar-refractivity contribution is -0.0505. The Labute approximate surface area is 196 Å². The fourth-order valence-corrected chi connectivity index (χ4v) is 2.90. The van der Waals surface area contributed by atoms with Gasteiger partial charge < -0.3 is 30.0 Å². The van der Waals surface area contributed by atoms with E-state index >= 15 is 0 Å². The smallest absolute Gasteiger partial charge is 0.387 e. The quantitative estimate of drug-likeness (QED) is 0.265. The molecule has 1 unspecified atom stereocenters. The van der Waals surface area contributed by atoms with Crippen LogP contribution >= 0.6 is 24.0 Å². The van der Waals surface area contributed by atoms with Crippen LogP contribution < -0.4 is 24.8 Å². The standard InChI is InChI=1S/C21H25F2N3O4.HI/c1-3-24-21(26-11-16(27)14-6-4-13(2)5-7-14)25-10-15-8-18-19(29-12-28-18)9-17(15)30-20(22)23;/h4-9,16,20,27H,3,10-12H2,1-2H3,(H2,24,25,26);1H. The van der Waals surface area contributed by atoms with Crippen molar-refractivity contribution in [1.29, 1.82) is 0 Å². The Morgan fingerprint density at radius 1 is 1.16 bits per heavy atom. The van der Waals surface area contributed by atoms with Crippen molar-refractivity contribution in [3.8, 4) is 17.2 Å². The first-order valence-corrected chi connectivity index (χ1v) is 9.60. The molecular formula is C21H26F2IN3O4. The molecular weight excluding hydrogens is 523 g/mol. The Kier molecular flexibility index (Phi) is 9.56. The molecule has 2 aromatic carbocycles. The van der Waals surface area contributed by atoms with E-state index in [-0.39, 0.29) is 49.6 Å². The molecule has 1 atom stereocenters. The van der Waals surface area contributed by atoms with Crippen molar-refractivity contribution < 1.29 is 28.1 Å². The van der Waals surface area contributed by atoms with Crippen molar-refractivity contribution >= 4 is 29.9 Å². The van der Waals surface area contributed by atoms with Gasteiger partial charge in [0.15, 0.2) is 17.5 Å². The Balaban J connectivity index is 0.00000341. The number of nitrogens with one attached hydrogen (secondary N) is 2. The van der Waals surface area contributed by atoms with Gasteiger partial charge in [0.25, 0.3) is 0 Å². The van der Waals surface area contributed by atoms with Gasteiger partial charge in [-0.2, -0.15) is 8.78 Å². The van der Waals surface area contributed by atoms with Crippen LogP contribution in [0.2, 0.25) is 0 Å². The van der Waals surface area contributed by atoms with Gasteiger partial charge in [0.1, 0.15) is 5.75 Å². The minimum absolute atomic E-state index is 0. The van der Waals surface area contributed by atoms with Crippen LogP contribution in [0, 0.1) is 6.92 Å². The molecule has 0 amide bonds. The molecule has 1 aliphatic rings. The number of aliphatic imine (C=N–C) groups is 1. The first-order chi connectivity index (χ1) is 14.5. The molecule has 0 saturated heterocycles. The average Bonchev–Trinajstić information content (AvgIpc) is 3.17. The van der Waals surface area contributed by atoms with Gasteiger partial charge in [0.05, 0.1) is 12.6 Å². The second kappa shape index (κ2) is 11.9. The number of rotatable bonds is 8. The van der Waals surface area contributed by atoms with Crippen molar-refractivity contribution in [2.45, 2.75) is 33.1 Å². The lowest BCUT2D eigenvalue weighted by Crippen LogP contribution is -2.39. The van der Waals surface area contributed by atoms with Crippen molar-refractivity contribution in [1.82, 2.24) is 10.6 Å². The zero-order valence-electron chi connectivity index (χ0n) is 17.2. The van der Waals surface area contributed by atoms with E-state index in [2.05, 4.69) is 20.4 Å². The minimum Gasteiger partial charge on any atom is -0.454 e. The third-order valence-corrected chi connectivity index (χ3v) is 4.45. The van der Waals surface area contributed by atoms with Gasteiger partial charge in [-0.3, -0.25) is 0 Å². The van der Waals surface area contributed by atoms with Crippen LogP contribution in [0.5, 0.6) is 17.2 Å². The summed E-state index contributed by atoms with van der Waals surface area (Å²) in [5.41, 5.74) is 2.32. The highest BCUT2D eigenvalue weighted by molar-refractivity contribution is 14.0. The number of alkyl halides is 2. The van der Waals surface area contributed by atoms with E-state index in [1.165, 1.54) is 6.07 Å². The maximum absolute atomic E-state index is 12.8. The number of ether oxygens (including phenoxy) is 3. The van der Waals surface area contributed by atoms with Gasteiger partial charge in [0.2, 0.25) is 6.79 Å². The van der Waals surface area contributed by atoms with E-state index in [4.69, 9.17) is 9.47 Å². The molecule has 0 spiro atoms. The van der Waals surface area contributed by atoms with E-state index in [1.54, 1.807) is 6.07 Å². The summed E-state index contributed by atoms with van der Waals surface area (Å²) in [6, 6.07) is 10.6. The molecule has 0 bridgehead atoms. The zero-order chi connectivity index (χ0) is 21.5. The largest absolute Gasteiger partial charge is 0.454 e. The molecule has 31 heavy (non-hydrogen) atoms. The molecule has 0 aromatic heterocycles. The Bertz CT molecular complexity index is 882. The number of aliphatic hydroxyl groups excluding tert-OH is 1. The molecule has 0 radical (unpaired) electrons. The van der Waals surface area contributed by atoms with E-state index in [0.717, 1.165) is 11.1 Å². The first kappa shape index (κ1) is 24.9. The first-order valence-electron chi connectivity index (χ1n) is 9.60. The normalized spacial score (nSPS) is 13.5. The van der Waals surface area contributed by atoms with Crippen molar-refractivity contribution in [3.05, 3.63) is 53.1 Å². The number of aryl methyl sites for hydroxylation is 1. The van der Waals surface area contributed by atoms with Crippen molar-refractivity contribution in [3.63, 3.8) is 0 Å². The fourth-order valence-electron chi connectivity index (χ4n) is 2.90. The Morgan fingerprint density at radius 2 is 1.84 bits per heavy atom. The number of benzene rings is 2. The van der Waals surface area contributed by atoms with Crippen molar-refractivity contribution in [2.75, 3.05) is 19.9 Å². The highest BCUT2D eigenvalue weighted by Crippen LogP contribution is 2.39.